The van der Waals surface area contributed by atoms with Gasteiger partial charge in [-0.2, -0.15) is 4.39 Å². The van der Waals surface area contributed by atoms with Crippen LogP contribution in [0.3, 0.4) is 0 Å². The van der Waals surface area contributed by atoms with E-state index in [1.165, 1.54) is 13.2 Å². The average molecular weight is 427 g/mol. The zero-order chi connectivity index (χ0) is 22.0. The Kier molecular flexibility index (Phi) is 5.70. The average Bonchev–Trinajstić information content (AvgIpc) is 2.80. The fraction of sp³-hybridized carbons (Fsp3) is 0.286. The number of benzene rings is 1. The molecule has 1 aliphatic heterocycles. The van der Waals surface area contributed by atoms with Crippen LogP contribution in [-0.4, -0.2) is 46.2 Å². The van der Waals surface area contributed by atoms with Crippen LogP contribution in [-0.2, 0) is 16.0 Å². The largest absolute Gasteiger partial charge is 0.479 e. The van der Waals surface area contributed by atoms with E-state index in [4.69, 9.17) is 4.74 Å². The van der Waals surface area contributed by atoms with Gasteiger partial charge in [0, 0.05) is 54.9 Å². The number of halogens is 2. The molecule has 0 bridgehead atoms. The van der Waals surface area contributed by atoms with Gasteiger partial charge in [0.2, 0.25) is 5.82 Å². The van der Waals surface area contributed by atoms with E-state index in [1.54, 1.807) is 24.7 Å². The van der Waals surface area contributed by atoms with Crippen LogP contribution in [0.25, 0.3) is 11.6 Å². The zero-order valence-electron chi connectivity index (χ0n) is 16.9. The van der Waals surface area contributed by atoms with Crippen LogP contribution in [0.15, 0.2) is 36.8 Å². The third kappa shape index (κ3) is 4.14. The van der Waals surface area contributed by atoms with Crippen molar-refractivity contribution in [3.8, 4) is 17.4 Å². The van der Waals surface area contributed by atoms with Gasteiger partial charge in [0.1, 0.15) is 0 Å². The first-order valence-electron chi connectivity index (χ1n) is 9.56. The lowest BCUT2D eigenvalue weighted by atomic mass is 9.98. The van der Waals surface area contributed by atoms with Crippen LogP contribution >= 0.6 is 0 Å². The van der Waals surface area contributed by atoms with Crippen molar-refractivity contribution in [2.45, 2.75) is 19.4 Å². The maximum Gasteiger partial charge on any atom is 0.343 e. The summed E-state index contributed by atoms with van der Waals surface area (Å²) in [5.41, 5.74) is 2.14. The van der Waals surface area contributed by atoms with E-state index in [2.05, 4.69) is 24.7 Å². The molecule has 1 aromatic carbocycles. The summed E-state index contributed by atoms with van der Waals surface area (Å²) in [7, 11) is 1.18. The minimum Gasteiger partial charge on any atom is -0.479 e. The van der Waals surface area contributed by atoms with Gasteiger partial charge in [-0.3, -0.25) is 0 Å². The fourth-order valence-electron chi connectivity index (χ4n) is 3.46. The molecule has 0 radical (unpaired) electrons. The Bertz CT molecular complexity index is 1110. The van der Waals surface area contributed by atoms with E-state index < -0.39 is 24.2 Å². The first-order valence-corrected chi connectivity index (χ1v) is 9.56. The lowest BCUT2D eigenvalue weighted by molar-refractivity contribution is -0.142. The minimum absolute atomic E-state index is 0.201. The number of aromatic nitrogens is 4. The van der Waals surface area contributed by atoms with E-state index in [0.717, 1.165) is 17.3 Å². The van der Waals surface area contributed by atoms with Gasteiger partial charge in [0.25, 0.3) is 0 Å². The third-order valence-corrected chi connectivity index (χ3v) is 5.06. The molecule has 0 fully saturated rings. The molecule has 31 heavy (non-hydrogen) atoms. The summed E-state index contributed by atoms with van der Waals surface area (Å²) in [5, 5.41) is 0. The number of carbonyl (C=O) groups excluding carboxylic acids is 1. The first-order chi connectivity index (χ1) is 15.0. The highest BCUT2D eigenvalue weighted by Crippen LogP contribution is 2.36. The molecule has 0 aliphatic carbocycles. The molecular formula is C21H19F2N5O3. The Morgan fingerprint density at radius 3 is 2.71 bits per heavy atom. The van der Waals surface area contributed by atoms with Crippen molar-refractivity contribution in [3.05, 3.63) is 59.7 Å². The third-order valence-electron chi connectivity index (χ3n) is 5.06. The van der Waals surface area contributed by atoms with Crippen LogP contribution in [0.4, 0.5) is 14.5 Å². The normalized spacial score (nSPS) is 15.4. The highest BCUT2D eigenvalue weighted by Gasteiger charge is 2.28. The topological polar surface area (TPSA) is 90.3 Å². The summed E-state index contributed by atoms with van der Waals surface area (Å²) in [4.78, 5) is 30.5. The van der Waals surface area contributed by atoms with E-state index in [0.29, 0.717) is 30.3 Å². The summed E-state index contributed by atoms with van der Waals surface area (Å²) < 4.78 is 38.0. The molecule has 1 unspecified atom stereocenters. The fourth-order valence-corrected chi connectivity index (χ4v) is 3.46. The Morgan fingerprint density at radius 1 is 1.19 bits per heavy atom. The van der Waals surface area contributed by atoms with Crippen LogP contribution in [0.2, 0.25) is 0 Å². The van der Waals surface area contributed by atoms with Gasteiger partial charge in [-0.25, -0.2) is 29.1 Å². The van der Waals surface area contributed by atoms with Crippen molar-refractivity contribution in [1.82, 2.24) is 19.9 Å². The molecule has 0 N–H and O–H groups in total. The SMILES string of the molecule is COC(=O)COc1cc(N2CCc3nc(-c4ncccn4)ncc3C2C)cc(F)c1F. The maximum atomic E-state index is 14.2. The smallest absolute Gasteiger partial charge is 0.343 e. The van der Waals surface area contributed by atoms with Gasteiger partial charge in [0.15, 0.2) is 29.8 Å². The molecular weight excluding hydrogens is 408 g/mol. The second-order valence-corrected chi connectivity index (χ2v) is 6.89. The number of methoxy groups -OCH3 is 1. The van der Waals surface area contributed by atoms with E-state index >= 15 is 0 Å². The molecule has 8 nitrogen and oxygen atoms in total. The van der Waals surface area contributed by atoms with Crippen molar-refractivity contribution in [3.63, 3.8) is 0 Å². The van der Waals surface area contributed by atoms with E-state index in [9.17, 15) is 13.6 Å². The molecule has 0 spiro atoms. The van der Waals surface area contributed by atoms with Gasteiger partial charge in [0.05, 0.1) is 18.8 Å². The number of hydrogen-bond donors (Lipinski definition) is 0. The number of fused-ring (bicyclic) bond motifs is 1. The number of anilines is 1. The molecule has 3 aromatic rings. The lowest BCUT2D eigenvalue weighted by Crippen LogP contribution is -2.35. The van der Waals surface area contributed by atoms with Crippen LogP contribution < -0.4 is 9.64 Å². The van der Waals surface area contributed by atoms with Gasteiger partial charge >= 0.3 is 5.97 Å². The summed E-state index contributed by atoms with van der Waals surface area (Å²) in [6.07, 6.45) is 5.52. The summed E-state index contributed by atoms with van der Waals surface area (Å²) in [6.45, 7) is 1.92. The minimum atomic E-state index is -1.16. The van der Waals surface area contributed by atoms with Crippen molar-refractivity contribution < 1.29 is 23.0 Å². The van der Waals surface area contributed by atoms with Gasteiger partial charge < -0.3 is 14.4 Å². The Morgan fingerprint density at radius 2 is 1.97 bits per heavy atom. The lowest BCUT2D eigenvalue weighted by Gasteiger charge is -2.36. The molecule has 10 heteroatoms. The predicted octanol–water partition coefficient (Wildman–Crippen LogP) is 2.89. The number of hydrogen-bond acceptors (Lipinski definition) is 8. The summed E-state index contributed by atoms with van der Waals surface area (Å²) in [6, 6.07) is 3.99. The number of rotatable bonds is 5. The summed E-state index contributed by atoms with van der Waals surface area (Å²) >= 11 is 0. The highest BCUT2D eigenvalue weighted by atomic mass is 19.2. The monoisotopic (exact) mass is 427 g/mol. The second-order valence-electron chi connectivity index (χ2n) is 6.89. The van der Waals surface area contributed by atoms with Crippen LogP contribution in [0.5, 0.6) is 5.75 Å². The number of carbonyl (C=O) groups is 1. The van der Waals surface area contributed by atoms with E-state index in [1.807, 2.05) is 11.8 Å². The Balaban J connectivity index is 1.61. The Hall–Kier alpha value is -3.69. The van der Waals surface area contributed by atoms with Crippen molar-refractivity contribution >= 4 is 11.7 Å². The first kappa shape index (κ1) is 20.6. The quantitative estimate of drug-likeness (QED) is 0.574. The number of nitrogens with zero attached hydrogens (tertiary/aromatic N) is 5. The van der Waals surface area contributed by atoms with Gasteiger partial charge in [-0.1, -0.05) is 0 Å². The molecule has 1 aliphatic rings. The maximum absolute atomic E-state index is 14.2. The predicted molar refractivity (Wildman–Crippen MR) is 106 cm³/mol. The summed E-state index contributed by atoms with van der Waals surface area (Å²) in [5.74, 6) is -2.40. The van der Waals surface area contributed by atoms with Crippen LogP contribution in [0, 0.1) is 11.6 Å². The molecule has 2 aromatic heterocycles. The second kappa shape index (κ2) is 8.58. The van der Waals surface area contributed by atoms with Gasteiger partial charge in [-0.05, 0) is 13.0 Å². The van der Waals surface area contributed by atoms with Crippen LogP contribution in [0.1, 0.15) is 24.2 Å². The molecule has 3 heterocycles. The highest BCUT2D eigenvalue weighted by molar-refractivity contribution is 5.71. The zero-order valence-corrected chi connectivity index (χ0v) is 16.9. The number of esters is 1. The van der Waals surface area contributed by atoms with E-state index in [-0.39, 0.29) is 11.8 Å². The van der Waals surface area contributed by atoms with Crippen molar-refractivity contribution in [2.24, 2.45) is 0 Å². The molecule has 0 saturated heterocycles. The molecule has 160 valence electrons. The number of ether oxygens (including phenoxy) is 2. The van der Waals surface area contributed by atoms with Crippen molar-refractivity contribution in [2.75, 3.05) is 25.2 Å². The molecule has 1 atom stereocenters. The molecule has 0 amide bonds. The van der Waals surface area contributed by atoms with Gasteiger partial charge in [-0.15, -0.1) is 0 Å². The van der Waals surface area contributed by atoms with Crippen molar-refractivity contribution in [1.29, 1.82) is 0 Å². The standard InChI is InChI=1S/C21H19F2N5O3/c1-12-14-10-26-21(20-24-5-3-6-25-20)27-16(14)4-7-28(12)13-8-15(22)19(23)17(9-13)31-11-18(29)30-2/h3,5-6,8-10,12H,4,7,11H2,1-2H3. The molecule has 4 rings (SSSR count). The molecule has 0 saturated carbocycles. The Labute approximate surface area is 176 Å².